The Morgan fingerprint density at radius 3 is 2.85 bits per heavy atom. The maximum absolute atomic E-state index is 11.8. The molecule has 6 nitrogen and oxygen atoms in total. The Morgan fingerprint density at radius 2 is 2.22 bits per heavy atom. The summed E-state index contributed by atoms with van der Waals surface area (Å²) < 4.78 is 7.54. The minimum atomic E-state index is -0.326. The van der Waals surface area contributed by atoms with Gasteiger partial charge in [0, 0.05) is 49.2 Å². The summed E-state index contributed by atoms with van der Waals surface area (Å²) in [5.41, 5.74) is 7.29. The summed E-state index contributed by atoms with van der Waals surface area (Å²) >= 11 is 1.65. The van der Waals surface area contributed by atoms with Crippen molar-refractivity contribution in [2.75, 3.05) is 24.7 Å². The number of aromatic nitrogens is 2. The molecular formula is C20H28N4O2S. The van der Waals surface area contributed by atoms with Gasteiger partial charge in [0.1, 0.15) is 5.82 Å². The fourth-order valence-corrected chi connectivity index (χ4v) is 5.57. The zero-order valence-corrected chi connectivity index (χ0v) is 17.1. The lowest BCUT2D eigenvalue weighted by atomic mass is 9.98. The van der Waals surface area contributed by atoms with Gasteiger partial charge < -0.3 is 15.4 Å². The minimum absolute atomic E-state index is 0.0202. The molecule has 0 aromatic carbocycles. The van der Waals surface area contributed by atoms with Crippen LogP contribution in [-0.2, 0) is 11.8 Å². The van der Waals surface area contributed by atoms with Crippen molar-refractivity contribution in [1.29, 1.82) is 0 Å². The van der Waals surface area contributed by atoms with E-state index in [1.807, 2.05) is 30.1 Å². The zero-order chi connectivity index (χ0) is 19.2. The molecule has 0 radical (unpaired) electrons. The molecule has 1 aliphatic carbocycles. The standard InChI is InChI=1S/C20H28N4O2S/c1-13-10-17(23(3)22-13)24(12-14-4-7-26-8-5-14)20(2)11-16(20)18-15(19(21)25)6-9-27-18/h6,9-10,14,16H,4-5,7-8,11-12H2,1-3H3,(H2,21,25). The van der Waals surface area contributed by atoms with Crippen molar-refractivity contribution in [3.63, 3.8) is 0 Å². The van der Waals surface area contributed by atoms with Gasteiger partial charge in [-0.2, -0.15) is 5.10 Å². The number of aryl methyl sites for hydroxylation is 2. The third-order valence-corrected chi connectivity index (χ3v) is 7.17. The largest absolute Gasteiger partial charge is 0.381 e. The molecule has 1 saturated heterocycles. The summed E-state index contributed by atoms with van der Waals surface area (Å²) in [4.78, 5) is 15.5. The van der Waals surface area contributed by atoms with Crippen LogP contribution in [0.15, 0.2) is 17.5 Å². The first-order valence-electron chi connectivity index (χ1n) is 9.63. The Morgan fingerprint density at radius 1 is 1.48 bits per heavy atom. The molecule has 2 aromatic rings. The highest BCUT2D eigenvalue weighted by Gasteiger charge is 2.57. The van der Waals surface area contributed by atoms with Crippen LogP contribution in [0.5, 0.6) is 0 Å². The number of anilines is 1. The van der Waals surface area contributed by atoms with Crippen LogP contribution in [0, 0.1) is 12.8 Å². The van der Waals surface area contributed by atoms with E-state index >= 15 is 0 Å². The number of hydrogen-bond acceptors (Lipinski definition) is 5. The second-order valence-corrected chi connectivity index (χ2v) is 9.06. The van der Waals surface area contributed by atoms with Gasteiger partial charge in [-0.1, -0.05) is 0 Å². The highest BCUT2D eigenvalue weighted by atomic mass is 32.1. The van der Waals surface area contributed by atoms with Crippen LogP contribution in [0.4, 0.5) is 5.82 Å². The molecule has 2 unspecified atom stereocenters. The van der Waals surface area contributed by atoms with E-state index in [0.717, 1.165) is 55.4 Å². The molecule has 2 fully saturated rings. The second-order valence-electron chi connectivity index (χ2n) is 8.11. The van der Waals surface area contributed by atoms with Crippen molar-refractivity contribution >= 4 is 23.1 Å². The fourth-order valence-electron chi connectivity index (χ4n) is 4.42. The molecule has 0 bridgehead atoms. The molecule has 146 valence electrons. The number of thiophene rings is 1. The van der Waals surface area contributed by atoms with Gasteiger partial charge in [0.15, 0.2) is 0 Å². The Labute approximate surface area is 164 Å². The van der Waals surface area contributed by atoms with E-state index in [-0.39, 0.29) is 11.4 Å². The highest BCUT2D eigenvalue weighted by Crippen LogP contribution is 2.58. The SMILES string of the molecule is Cc1cc(N(CC2CCOCC2)C2(C)CC2c2sccc2C(N)=O)n(C)n1. The summed E-state index contributed by atoms with van der Waals surface area (Å²) in [6.45, 7) is 7.03. The molecule has 7 heteroatoms. The molecule has 0 spiro atoms. The Balaban J connectivity index is 1.65. The molecule has 2 atom stereocenters. The number of carbonyl (C=O) groups excluding carboxylic acids is 1. The summed E-state index contributed by atoms with van der Waals surface area (Å²) in [6, 6.07) is 4.03. The van der Waals surface area contributed by atoms with Gasteiger partial charge in [0.2, 0.25) is 5.91 Å². The summed E-state index contributed by atoms with van der Waals surface area (Å²) in [6.07, 6.45) is 3.22. The second kappa shape index (κ2) is 6.95. The third-order valence-electron chi connectivity index (χ3n) is 6.14. The van der Waals surface area contributed by atoms with E-state index in [1.165, 1.54) is 0 Å². The maximum Gasteiger partial charge on any atom is 0.249 e. The smallest absolute Gasteiger partial charge is 0.249 e. The molecular weight excluding hydrogens is 360 g/mol. The summed E-state index contributed by atoms with van der Waals surface area (Å²) in [5, 5.41) is 6.56. The lowest BCUT2D eigenvalue weighted by Crippen LogP contribution is -2.42. The van der Waals surface area contributed by atoms with E-state index < -0.39 is 0 Å². The predicted molar refractivity (Wildman–Crippen MR) is 107 cm³/mol. The van der Waals surface area contributed by atoms with Gasteiger partial charge in [0.25, 0.3) is 0 Å². The number of primary amides is 1. The topological polar surface area (TPSA) is 73.4 Å². The molecule has 1 aliphatic heterocycles. The normalized spacial score (nSPS) is 25.5. The highest BCUT2D eigenvalue weighted by molar-refractivity contribution is 7.10. The van der Waals surface area contributed by atoms with Gasteiger partial charge in [0.05, 0.1) is 11.3 Å². The average Bonchev–Trinajstić information content (AvgIpc) is 2.96. The van der Waals surface area contributed by atoms with Crippen molar-refractivity contribution in [2.24, 2.45) is 18.7 Å². The van der Waals surface area contributed by atoms with Crippen molar-refractivity contribution in [1.82, 2.24) is 9.78 Å². The molecule has 2 aliphatic rings. The van der Waals surface area contributed by atoms with Gasteiger partial charge in [-0.25, -0.2) is 0 Å². The Hall–Kier alpha value is -1.86. The zero-order valence-electron chi connectivity index (χ0n) is 16.3. The first-order chi connectivity index (χ1) is 12.9. The first kappa shape index (κ1) is 18.5. The molecule has 4 rings (SSSR count). The molecule has 2 aromatic heterocycles. The van der Waals surface area contributed by atoms with Crippen LogP contribution >= 0.6 is 11.3 Å². The Kier molecular flexibility index (Phi) is 4.76. The average molecular weight is 389 g/mol. The number of nitrogens with two attached hydrogens (primary N) is 1. The van der Waals surface area contributed by atoms with E-state index in [4.69, 9.17) is 10.5 Å². The first-order valence-corrected chi connectivity index (χ1v) is 10.5. The minimum Gasteiger partial charge on any atom is -0.381 e. The van der Waals surface area contributed by atoms with Crippen LogP contribution in [0.2, 0.25) is 0 Å². The lowest BCUT2D eigenvalue weighted by Gasteiger charge is -2.36. The van der Waals surface area contributed by atoms with Crippen LogP contribution in [0.25, 0.3) is 0 Å². The molecule has 1 amide bonds. The van der Waals surface area contributed by atoms with Gasteiger partial charge >= 0.3 is 0 Å². The fraction of sp³-hybridized carbons (Fsp3) is 0.600. The number of rotatable bonds is 6. The summed E-state index contributed by atoms with van der Waals surface area (Å²) in [7, 11) is 2.01. The monoisotopic (exact) mass is 388 g/mol. The number of amides is 1. The van der Waals surface area contributed by atoms with E-state index in [9.17, 15) is 4.79 Å². The Bertz CT molecular complexity index is 839. The third kappa shape index (κ3) is 3.38. The molecule has 27 heavy (non-hydrogen) atoms. The molecule has 2 N–H and O–H groups in total. The van der Waals surface area contributed by atoms with Crippen LogP contribution in [-0.4, -0.2) is 41.0 Å². The van der Waals surface area contributed by atoms with Crippen molar-refractivity contribution in [2.45, 2.75) is 44.6 Å². The number of nitrogens with zero attached hydrogens (tertiary/aromatic N) is 3. The molecule has 3 heterocycles. The van der Waals surface area contributed by atoms with Gasteiger partial charge in [-0.05, 0) is 50.5 Å². The molecule has 1 saturated carbocycles. The van der Waals surface area contributed by atoms with Crippen molar-refractivity contribution in [3.05, 3.63) is 33.6 Å². The van der Waals surface area contributed by atoms with Gasteiger partial charge in [-0.3, -0.25) is 9.48 Å². The predicted octanol–water partition coefficient (Wildman–Crippen LogP) is 3.07. The maximum atomic E-state index is 11.8. The van der Waals surface area contributed by atoms with Crippen molar-refractivity contribution < 1.29 is 9.53 Å². The van der Waals surface area contributed by atoms with Gasteiger partial charge in [-0.15, -0.1) is 11.3 Å². The quantitative estimate of drug-likeness (QED) is 0.825. The van der Waals surface area contributed by atoms with E-state index in [0.29, 0.717) is 17.4 Å². The van der Waals surface area contributed by atoms with E-state index in [1.54, 1.807) is 11.3 Å². The van der Waals surface area contributed by atoms with Crippen LogP contribution in [0.3, 0.4) is 0 Å². The number of hydrogen-bond donors (Lipinski definition) is 1. The lowest BCUT2D eigenvalue weighted by molar-refractivity contribution is 0.0674. The number of ether oxygens (including phenoxy) is 1. The van der Waals surface area contributed by atoms with Crippen molar-refractivity contribution in [3.8, 4) is 0 Å². The number of carbonyl (C=O) groups is 1. The summed E-state index contributed by atoms with van der Waals surface area (Å²) in [5.74, 6) is 1.77. The van der Waals surface area contributed by atoms with Crippen LogP contribution < -0.4 is 10.6 Å². The van der Waals surface area contributed by atoms with E-state index in [2.05, 4.69) is 23.0 Å². The van der Waals surface area contributed by atoms with Crippen LogP contribution in [0.1, 0.15) is 53.0 Å².